The van der Waals surface area contributed by atoms with E-state index in [0.717, 1.165) is 11.3 Å². The lowest BCUT2D eigenvalue weighted by Gasteiger charge is -2.10. The summed E-state index contributed by atoms with van der Waals surface area (Å²) in [6.07, 6.45) is 1.68. The minimum atomic E-state index is -0.0865. The van der Waals surface area contributed by atoms with Crippen LogP contribution in [0.1, 0.15) is 11.3 Å². The Hall–Kier alpha value is -2.50. The molecular formula is C15H19N3O3. The van der Waals surface area contributed by atoms with Gasteiger partial charge < -0.3 is 14.8 Å². The maximum absolute atomic E-state index is 11.9. The van der Waals surface area contributed by atoms with Crippen molar-refractivity contribution in [3.8, 4) is 11.5 Å². The van der Waals surface area contributed by atoms with Crippen LogP contribution in [0.2, 0.25) is 0 Å². The fraction of sp³-hybridized carbons (Fsp3) is 0.333. The van der Waals surface area contributed by atoms with Crippen molar-refractivity contribution >= 4 is 5.91 Å². The van der Waals surface area contributed by atoms with E-state index in [-0.39, 0.29) is 12.5 Å². The molecule has 0 saturated carbocycles. The van der Waals surface area contributed by atoms with Crippen LogP contribution < -0.4 is 14.8 Å². The largest absolute Gasteiger partial charge is 0.493 e. The van der Waals surface area contributed by atoms with Gasteiger partial charge in [0.25, 0.3) is 0 Å². The summed E-state index contributed by atoms with van der Waals surface area (Å²) in [5.41, 5.74) is 1.90. The first-order valence-electron chi connectivity index (χ1n) is 6.60. The van der Waals surface area contributed by atoms with Crippen LogP contribution in [0, 0.1) is 6.92 Å². The molecule has 2 aromatic rings. The Labute approximate surface area is 123 Å². The molecule has 1 N–H and O–H groups in total. The SMILES string of the molecule is COc1ccc(CNC(=O)Cn2nccc2C)cc1OC. The molecule has 0 fully saturated rings. The lowest BCUT2D eigenvalue weighted by atomic mass is 10.2. The maximum atomic E-state index is 11.9. The molecule has 0 spiro atoms. The summed E-state index contributed by atoms with van der Waals surface area (Å²) >= 11 is 0. The van der Waals surface area contributed by atoms with Crippen molar-refractivity contribution in [2.75, 3.05) is 14.2 Å². The van der Waals surface area contributed by atoms with E-state index in [1.165, 1.54) is 0 Å². The molecule has 0 radical (unpaired) electrons. The Morgan fingerprint density at radius 3 is 2.62 bits per heavy atom. The molecule has 0 aliphatic rings. The van der Waals surface area contributed by atoms with Crippen LogP contribution >= 0.6 is 0 Å². The highest BCUT2D eigenvalue weighted by Gasteiger charge is 2.07. The average Bonchev–Trinajstić information content (AvgIpc) is 2.90. The number of carbonyl (C=O) groups is 1. The molecule has 21 heavy (non-hydrogen) atoms. The number of carbonyl (C=O) groups excluding carboxylic acids is 1. The van der Waals surface area contributed by atoms with E-state index < -0.39 is 0 Å². The molecule has 0 aliphatic heterocycles. The summed E-state index contributed by atoms with van der Waals surface area (Å²) < 4.78 is 12.1. The number of benzene rings is 1. The number of nitrogens with zero attached hydrogens (tertiary/aromatic N) is 2. The minimum absolute atomic E-state index is 0.0865. The molecule has 1 heterocycles. The minimum Gasteiger partial charge on any atom is -0.493 e. The number of aromatic nitrogens is 2. The van der Waals surface area contributed by atoms with Gasteiger partial charge in [0, 0.05) is 18.4 Å². The molecule has 1 amide bonds. The van der Waals surface area contributed by atoms with Crippen molar-refractivity contribution in [2.24, 2.45) is 0 Å². The summed E-state index contributed by atoms with van der Waals surface area (Å²) in [6, 6.07) is 7.42. The summed E-state index contributed by atoms with van der Waals surface area (Å²) in [5, 5.41) is 6.94. The highest BCUT2D eigenvalue weighted by molar-refractivity contribution is 5.75. The third-order valence-electron chi connectivity index (χ3n) is 3.16. The normalized spacial score (nSPS) is 10.2. The van der Waals surface area contributed by atoms with Gasteiger partial charge in [0.05, 0.1) is 14.2 Å². The van der Waals surface area contributed by atoms with Gasteiger partial charge in [-0.2, -0.15) is 5.10 Å². The smallest absolute Gasteiger partial charge is 0.242 e. The molecule has 112 valence electrons. The number of amides is 1. The van der Waals surface area contributed by atoms with Gasteiger partial charge in [-0.15, -0.1) is 0 Å². The van der Waals surface area contributed by atoms with Gasteiger partial charge in [-0.25, -0.2) is 0 Å². The topological polar surface area (TPSA) is 65.4 Å². The van der Waals surface area contributed by atoms with E-state index in [4.69, 9.17) is 9.47 Å². The number of aryl methyl sites for hydroxylation is 1. The fourth-order valence-electron chi connectivity index (χ4n) is 1.95. The quantitative estimate of drug-likeness (QED) is 0.875. The van der Waals surface area contributed by atoms with Crippen molar-refractivity contribution in [1.29, 1.82) is 0 Å². The van der Waals surface area contributed by atoms with Crippen molar-refractivity contribution in [2.45, 2.75) is 20.0 Å². The van der Waals surface area contributed by atoms with Crippen LogP contribution in [0.25, 0.3) is 0 Å². The van der Waals surface area contributed by atoms with Crippen molar-refractivity contribution in [3.05, 3.63) is 41.7 Å². The predicted octanol–water partition coefficient (Wildman–Crippen LogP) is 1.53. The molecule has 0 aliphatic carbocycles. The molecule has 2 rings (SSSR count). The molecule has 6 nitrogen and oxygen atoms in total. The van der Waals surface area contributed by atoms with Gasteiger partial charge >= 0.3 is 0 Å². The standard InChI is InChI=1S/C15H19N3O3/c1-11-6-7-17-18(11)10-15(19)16-9-12-4-5-13(20-2)14(8-12)21-3/h4-8H,9-10H2,1-3H3,(H,16,19). The molecule has 1 aromatic carbocycles. The monoisotopic (exact) mass is 289 g/mol. The first-order chi connectivity index (χ1) is 10.1. The Bertz CT molecular complexity index is 622. The van der Waals surface area contributed by atoms with Crippen LogP contribution in [0.3, 0.4) is 0 Å². The number of methoxy groups -OCH3 is 2. The van der Waals surface area contributed by atoms with Gasteiger partial charge in [-0.1, -0.05) is 6.07 Å². The average molecular weight is 289 g/mol. The first-order valence-corrected chi connectivity index (χ1v) is 6.60. The summed E-state index contributed by atoms with van der Waals surface area (Å²) in [6.45, 7) is 2.56. The second-order valence-electron chi connectivity index (χ2n) is 4.60. The van der Waals surface area contributed by atoms with Crippen LogP contribution in [0.4, 0.5) is 0 Å². The Morgan fingerprint density at radius 1 is 1.24 bits per heavy atom. The second-order valence-corrected chi connectivity index (χ2v) is 4.60. The highest BCUT2D eigenvalue weighted by Crippen LogP contribution is 2.27. The van der Waals surface area contributed by atoms with Crippen LogP contribution in [0.15, 0.2) is 30.5 Å². The van der Waals surface area contributed by atoms with Crippen LogP contribution in [-0.4, -0.2) is 29.9 Å². The van der Waals surface area contributed by atoms with Crippen molar-refractivity contribution in [3.63, 3.8) is 0 Å². The molecule has 0 saturated heterocycles. The number of rotatable bonds is 6. The number of hydrogen-bond donors (Lipinski definition) is 1. The lowest BCUT2D eigenvalue weighted by molar-refractivity contribution is -0.122. The summed E-state index contributed by atoms with van der Waals surface area (Å²) in [5.74, 6) is 1.23. The first kappa shape index (κ1) is 14.9. The lowest BCUT2D eigenvalue weighted by Crippen LogP contribution is -2.27. The maximum Gasteiger partial charge on any atom is 0.242 e. The number of ether oxygens (including phenoxy) is 2. The Morgan fingerprint density at radius 2 is 2.00 bits per heavy atom. The van der Waals surface area contributed by atoms with Gasteiger partial charge in [0.15, 0.2) is 11.5 Å². The van der Waals surface area contributed by atoms with E-state index >= 15 is 0 Å². The molecular weight excluding hydrogens is 270 g/mol. The number of nitrogens with one attached hydrogen (secondary N) is 1. The van der Waals surface area contributed by atoms with E-state index in [1.807, 2.05) is 31.2 Å². The fourth-order valence-corrected chi connectivity index (χ4v) is 1.95. The molecule has 6 heteroatoms. The Balaban J connectivity index is 1.93. The molecule has 0 unspecified atom stereocenters. The van der Waals surface area contributed by atoms with Gasteiger partial charge in [-0.3, -0.25) is 9.48 Å². The second kappa shape index (κ2) is 6.78. The van der Waals surface area contributed by atoms with Crippen molar-refractivity contribution < 1.29 is 14.3 Å². The predicted molar refractivity (Wildman–Crippen MR) is 78.4 cm³/mol. The zero-order valence-corrected chi connectivity index (χ0v) is 12.4. The highest BCUT2D eigenvalue weighted by atomic mass is 16.5. The van der Waals surface area contributed by atoms with Gasteiger partial charge in [-0.05, 0) is 30.7 Å². The van der Waals surface area contributed by atoms with Crippen LogP contribution in [0.5, 0.6) is 11.5 Å². The zero-order chi connectivity index (χ0) is 15.2. The van der Waals surface area contributed by atoms with Crippen LogP contribution in [-0.2, 0) is 17.9 Å². The molecule has 0 bridgehead atoms. The van der Waals surface area contributed by atoms with E-state index in [0.29, 0.717) is 18.0 Å². The Kier molecular flexibility index (Phi) is 4.81. The van der Waals surface area contributed by atoms with Gasteiger partial charge in [0.1, 0.15) is 6.54 Å². The van der Waals surface area contributed by atoms with E-state index in [1.54, 1.807) is 25.1 Å². The van der Waals surface area contributed by atoms with E-state index in [9.17, 15) is 4.79 Å². The van der Waals surface area contributed by atoms with E-state index in [2.05, 4.69) is 10.4 Å². The third-order valence-corrected chi connectivity index (χ3v) is 3.16. The summed E-state index contributed by atoms with van der Waals surface area (Å²) in [4.78, 5) is 11.9. The zero-order valence-electron chi connectivity index (χ0n) is 12.4. The number of hydrogen-bond acceptors (Lipinski definition) is 4. The molecule has 1 aromatic heterocycles. The third kappa shape index (κ3) is 3.75. The van der Waals surface area contributed by atoms with Gasteiger partial charge in [0.2, 0.25) is 5.91 Å². The molecule has 0 atom stereocenters. The summed E-state index contributed by atoms with van der Waals surface area (Å²) in [7, 11) is 3.17. The van der Waals surface area contributed by atoms with Crippen molar-refractivity contribution in [1.82, 2.24) is 15.1 Å².